The number of hydrogen-bond donors (Lipinski definition) is 1. The van der Waals surface area contributed by atoms with Crippen LogP contribution in [0.2, 0.25) is 0 Å². The Kier molecular flexibility index (Phi) is 2.34. The Labute approximate surface area is 81.9 Å². The maximum atomic E-state index is 11.1. The molecule has 1 atom stereocenters. The zero-order valence-electron chi connectivity index (χ0n) is 7.09. The minimum absolute atomic E-state index is 0.313. The van der Waals surface area contributed by atoms with E-state index in [0.29, 0.717) is 0 Å². The average molecular weight is 196 g/mol. The van der Waals surface area contributed by atoms with E-state index in [4.69, 9.17) is 11.6 Å². The maximum absolute atomic E-state index is 11.1. The largest absolute Gasteiger partial charge is 0.302 e. The normalized spacial score (nSPS) is 20.8. The van der Waals surface area contributed by atoms with Crippen molar-refractivity contribution in [3.8, 4) is 0 Å². The van der Waals surface area contributed by atoms with Crippen LogP contribution < -0.4 is 5.32 Å². The SMILES string of the molecule is O=C(Cl)C1NCCc2ccccc21. The molecule has 0 amide bonds. The van der Waals surface area contributed by atoms with Gasteiger partial charge in [0.15, 0.2) is 0 Å². The van der Waals surface area contributed by atoms with Crippen LogP contribution in [0.3, 0.4) is 0 Å². The molecule has 1 unspecified atom stereocenters. The number of fused-ring (bicyclic) bond motifs is 1. The van der Waals surface area contributed by atoms with Gasteiger partial charge in [-0.15, -0.1) is 0 Å². The molecule has 2 nitrogen and oxygen atoms in total. The fourth-order valence-electron chi connectivity index (χ4n) is 1.71. The maximum Gasteiger partial charge on any atom is 0.243 e. The average Bonchev–Trinajstić information content (AvgIpc) is 2.17. The van der Waals surface area contributed by atoms with Gasteiger partial charge in [0.25, 0.3) is 0 Å². The van der Waals surface area contributed by atoms with E-state index >= 15 is 0 Å². The van der Waals surface area contributed by atoms with E-state index in [-0.39, 0.29) is 11.3 Å². The molecule has 0 spiro atoms. The third-order valence-corrected chi connectivity index (χ3v) is 2.55. The fraction of sp³-hybridized carbons (Fsp3) is 0.300. The first-order valence-corrected chi connectivity index (χ1v) is 4.67. The molecule has 1 N–H and O–H groups in total. The molecule has 0 bridgehead atoms. The van der Waals surface area contributed by atoms with Gasteiger partial charge in [0.2, 0.25) is 5.24 Å². The van der Waals surface area contributed by atoms with Crippen molar-refractivity contribution in [2.24, 2.45) is 0 Å². The number of hydrogen-bond acceptors (Lipinski definition) is 2. The Morgan fingerprint density at radius 1 is 1.46 bits per heavy atom. The zero-order valence-corrected chi connectivity index (χ0v) is 7.84. The molecular weight excluding hydrogens is 186 g/mol. The van der Waals surface area contributed by atoms with Crippen molar-refractivity contribution in [3.63, 3.8) is 0 Å². The highest BCUT2D eigenvalue weighted by Gasteiger charge is 2.23. The minimum Gasteiger partial charge on any atom is -0.302 e. The van der Waals surface area contributed by atoms with E-state index < -0.39 is 0 Å². The van der Waals surface area contributed by atoms with Crippen LogP contribution in [0.5, 0.6) is 0 Å². The number of carbonyl (C=O) groups excluding carboxylic acids is 1. The van der Waals surface area contributed by atoms with Crippen molar-refractivity contribution in [1.82, 2.24) is 5.32 Å². The minimum atomic E-state index is -0.327. The number of nitrogens with one attached hydrogen (secondary N) is 1. The van der Waals surface area contributed by atoms with Crippen LogP contribution in [0, 0.1) is 0 Å². The summed E-state index contributed by atoms with van der Waals surface area (Å²) in [6, 6.07) is 7.60. The van der Waals surface area contributed by atoms with E-state index in [1.54, 1.807) is 0 Å². The van der Waals surface area contributed by atoms with Crippen LogP contribution in [0.25, 0.3) is 0 Å². The summed E-state index contributed by atoms with van der Waals surface area (Å²) >= 11 is 5.48. The van der Waals surface area contributed by atoms with E-state index in [2.05, 4.69) is 5.32 Å². The second-order valence-electron chi connectivity index (χ2n) is 3.14. The highest BCUT2D eigenvalue weighted by atomic mass is 35.5. The number of carbonyl (C=O) groups is 1. The molecule has 13 heavy (non-hydrogen) atoms. The van der Waals surface area contributed by atoms with Gasteiger partial charge in [-0.2, -0.15) is 0 Å². The van der Waals surface area contributed by atoms with Gasteiger partial charge in [0.05, 0.1) is 0 Å². The van der Waals surface area contributed by atoms with E-state index in [1.165, 1.54) is 5.56 Å². The van der Waals surface area contributed by atoms with Crippen LogP contribution in [-0.2, 0) is 11.2 Å². The third-order valence-electron chi connectivity index (χ3n) is 2.34. The van der Waals surface area contributed by atoms with Crippen molar-refractivity contribution in [2.45, 2.75) is 12.5 Å². The summed E-state index contributed by atoms with van der Waals surface area (Å²) in [7, 11) is 0. The van der Waals surface area contributed by atoms with Crippen molar-refractivity contribution >= 4 is 16.8 Å². The lowest BCUT2D eigenvalue weighted by atomic mass is 9.95. The van der Waals surface area contributed by atoms with Gasteiger partial charge in [0, 0.05) is 6.54 Å². The first-order chi connectivity index (χ1) is 6.29. The predicted octanol–water partition coefficient (Wildman–Crippen LogP) is 1.64. The van der Waals surface area contributed by atoms with E-state index in [9.17, 15) is 4.79 Å². The first-order valence-electron chi connectivity index (χ1n) is 4.29. The second kappa shape index (κ2) is 3.48. The van der Waals surface area contributed by atoms with Gasteiger partial charge < -0.3 is 5.32 Å². The van der Waals surface area contributed by atoms with Gasteiger partial charge in [0.1, 0.15) is 6.04 Å². The quantitative estimate of drug-likeness (QED) is 0.691. The van der Waals surface area contributed by atoms with Crippen LogP contribution in [0.4, 0.5) is 0 Å². The summed E-state index contributed by atoms with van der Waals surface area (Å²) < 4.78 is 0. The van der Waals surface area contributed by atoms with Crippen molar-refractivity contribution < 1.29 is 4.79 Å². The number of benzene rings is 1. The van der Waals surface area contributed by atoms with Gasteiger partial charge in [-0.25, -0.2) is 0 Å². The lowest BCUT2D eigenvalue weighted by molar-refractivity contribution is -0.113. The Hall–Kier alpha value is -0.860. The number of halogens is 1. The molecule has 0 saturated carbocycles. The molecule has 1 heterocycles. The molecule has 2 rings (SSSR count). The van der Waals surface area contributed by atoms with Crippen LogP contribution in [-0.4, -0.2) is 11.8 Å². The second-order valence-corrected chi connectivity index (χ2v) is 3.51. The highest BCUT2D eigenvalue weighted by Crippen LogP contribution is 2.23. The molecule has 1 aliphatic rings. The molecule has 0 aliphatic carbocycles. The van der Waals surface area contributed by atoms with Gasteiger partial charge in [-0.1, -0.05) is 24.3 Å². The molecular formula is C10H10ClNO. The van der Waals surface area contributed by atoms with E-state index in [1.807, 2.05) is 24.3 Å². The first kappa shape index (κ1) is 8.73. The van der Waals surface area contributed by atoms with Crippen molar-refractivity contribution in [1.29, 1.82) is 0 Å². The summed E-state index contributed by atoms with van der Waals surface area (Å²) in [5.74, 6) is 0. The van der Waals surface area contributed by atoms with Gasteiger partial charge >= 0.3 is 0 Å². The fourth-order valence-corrected chi connectivity index (χ4v) is 1.90. The summed E-state index contributed by atoms with van der Waals surface area (Å²) in [6.07, 6.45) is 0.969. The van der Waals surface area contributed by atoms with E-state index in [0.717, 1.165) is 18.5 Å². The Balaban J connectivity index is 2.42. The smallest absolute Gasteiger partial charge is 0.243 e. The Morgan fingerprint density at radius 3 is 3.00 bits per heavy atom. The Bertz CT molecular complexity index is 337. The topological polar surface area (TPSA) is 29.1 Å². The van der Waals surface area contributed by atoms with Gasteiger partial charge in [-0.3, -0.25) is 4.79 Å². The molecule has 68 valence electrons. The van der Waals surface area contributed by atoms with Crippen LogP contribution >= 0.6 is 11.6 Å². The van der Waals surface area contributed by atoms with Crippen LogP contribution in [0.1, 0.15) is 17.2 Å². The molecule has 1 aromatic rings. The molecule has 0 fully saturated rings. The standard InChI is InChI=1S/C10H10ClNO/c11-10(13)9-8-4-2-1-3-7(8)5-6-12-9/h1-4,9,12H,5-6H2. The summed E-state index contributed by atoms with van der Waals surface area (Å²) in [6.45, 7) is 0.820. The molecule has 0 radical (unpaired) electrons. The lowest BCUT2D eigenvalue weighted by Crippen LogP contribution is -2.33. The highest BCUT2D eigenvalue weighted by molar-refractivity contribution is 6.64. The molecule has 0 saturated heterocycles. The lowest BCUT2D eigenvalue weighted by Gasteiger charge is -2.23. The van der Waals surface area contributed by atoms with Gasteiger partial charge in [-0.05, 0) is 29.1 Å². The predicted molar refractivity (Wildman–Crippen MR) is 51.7 cm³/mol. The molecule has 0 aromatic heterocycles. The zero-order chi connectivity index (χ0) is 9.26. The molecule has 3 heteroatoms. The molecule has 1 aliphatic heterocycles. The molecule has 1 aromatic carbocycles. The Morgan fingerprint density at radius 2 is 2.23 bits per heavy atom. The number of rotatable bonds is 1. The van der Waals surface area contributed by atoms with Crippen molar-refractivity contribution in [3.05, 3.63) is 35.4 Å². The van der Waals surface area contributed by atoms with Crippen molar-refractivity contribution in [2.75, 3.05) is 6.54 Å². The van der Waals surface area contributed by atoms with Crippen LogP contribution in [0.15, 0.2) is 24.3 Å². The summed E-state index contributed by atoms with van der Waals surface area (Å²) in [5, 5.41) is 2.77. The summed E-state index contributed by atoms with van der Waals surface area (Å²) in [4.78, 5) is 11.1. The third kappa shape index (κ3) is 1.60. The monoisotopic (exact) mass is 195 g/mol. The summed E-state index contributed by atoms with van der Waals surface area (Å²) in [5.41, 5.74) is 2.24.